The summed E-state index contributed by atoms with van der Waals surface area (Å²) in [6, 6.07) is 3.68. The number of alkyl halides is 4. The van der Waals surface area contributed by atoms with Gasteiger partial charge in [0.15, 0.2) is 11.6 Å². The van der Waals surface area contributed by atoms with Crippen LogP contribution in [0.2, 0.25) is 0 Å². The Morgan fingerprint density at radius 3 is 2.74 bits per heavy atom. The van der Waals surface area contributed by atoms with Gasteiger partial charge in [0, 0.05) is 29.7 Å². The summed E-state index contributed by atoms with van der Waals surface area (Å²) in [5.41, 5.74) is 4.88. The monoisotopic (exact) mass is 540 g/mol. The molecule has 1 aromatic carbocycles. The molecule has 1 aromatic heterocycles. The maximum atomic E-state index is 15.1. The van der Waals surface area contributed by atoms with E-state index in [1.54, 1.807) is 0 Å². The van der Waals surface area contributed by atoms with Crippen LogP contribution in [0.5, 0.6) is 5.75 Å². The molecule has 3 fully saturated rings. The van der Waals surface area contributed by atoms with Crippen molar-refractivity contribution in [3.05, 3.63) is 35.3 Å². The van der Waals surface area contributed by atoms with Crippen molar-refractivity contribution in [1.29, 1.82) is 0 Å². The van der Waals surface area contributed by atoms with Gasteiger partial charge >= 0.3 is 6.18 Å². The largest absolute Gasteiger partial charge is 0.487 e. The van der Waals surface area contributed by atoms with E-state index >= 15 is 4.39 Å². The molecule has 3 saturated heterocycles. The van der Waals surface area contributed by atoms with Crippen molar-refractivity contribution < 1.29 is 26.7 Å². The molecule has 5 rings (SSSR count). The minimum absolute atomic E-state index is 0.0221. The van der Waals surface area contributed by atoms with E-state index in [0.717, 1.165) is 37.9 Å². The second kappa shape index (κ2) is 10.1. The summed E-state index contributed by atoms with van der Waals surface area (Å²) in [7, 11) is 0. The SMILES string of the molecule is CC1(C)C[C@H](c2nc(Nc3ccc(O[C@@H]4CCNC[C@H]4F)c(C(F)(F)F)c3)nc(N)c2F)C[C@@H]2CCCN21. The fraction of sp³-hybridized carbons (Fsp3) is 0.615. The third-order valence-electron chi connectivity index (χ3n) is 7.91. The molecule has 0 aliphatic carbocycles. The van der Waals surface area contributed by atoms with Crippen LogP contribution in [0.3, 0.4) is 0 Å². The third-order valence-corrected chi connectivity index (χ3v) is 7.91. The maximum Gasteiger partial charge on any atom is 0.420 e. The Kier molecular flexibility index (Phi) is 7.14. The van der Waals surface area contributed by atoms with E-state index in [0.29, 0.717) is 19.0 Å². The highest BCUT2D eigenvalue weighted by molar-refractivity contribution is 5.59. The normalized spacial score (nSPS) is 27.7. The standard InChI is InChI=1S/C26H33F5N6O/c1-25(2)12-14(10-16-4-3-9-37(16)25)22-21(28)23(32)36-24(35-22)34-15-5-6-19(17(11-15)26(29,30)31)38-20-7-8-33-13-18(20)27/h5-6,11,14,16,18,20,33H,3-4,7-10,12-13H2,1-2H3,(H3,32,34,35,36)/t14-,16+,18-,20-/m1/s1. The number of nitrogen functional groups attached to an aromatic ring is 1. The van der Waals surface area contributed by atoms with Gasteiger partial charge in [-0.05, 0) is 77.2 Å². The molecular weight excluding hydrogens is 507 g/mol. The van der Waals surface area contributed by atoms with Crippen molar-refractivity contribution in [3.63, 3.8) is 0 Å². The first kappa shape index (κ1) is 26.9. The predicted octanol–water partition coefficient (Wildman–Crippen LogP) is 5.16. The molecule has 0 saturated carbocycles. The van der Waals surface area contributed by atoms with Crippen LogP contribution in [0.1, 0.15) is 63.1 Å². The van der Waals surface area contributed by atoms with E-state index in [9.17, 15) is 17.6 Å². The molecule has 4 N–H and O–H groups in total. The fourth-order valence-corrected chi connectivity index (χ4v) is 6.18. The molecule has 4 heterocycles. The summed E-state index contributed by atoms with van der Waals surface area (Å²) < 4.78 is 76.5. The van der Waals surface area contributed by atoms with Crippen molar-refractivity contribution in [2.75, 3.05) is 30.7 Å². The van der Waals surface area contributed by atoms with Crippen molar-refractivity contribution in [2.24, 2.45) is 0 Å². The van der Waals surface area contributed by atoms with Gasteiger partial charge in [-0.2, -0.15) is 18.2 Å². The number of aromatic nitrogens is 2. The topological polar surface area (TPSA) is 88.3 Å². The van der Waals surface area contributed by atoms with E-state index in [1.807, 2.05) is 0 Å². The van der Waals surface area contributed by atoms with Crippen molar-refractivity contribution in [1.82, 2.24) is 20.2 Å². The lowest BCUT2D eigenvalue weighted by molar-refractivity contribution is -0.139. The number of hydrogen-bond acceptors (Lipinski definition) is 7. The summed E-state index contributed by atoms with van der Waals surface area (Å²) in [5, 5.41) is 5.59. The highest BCUT2D eigenvalue weighted by Gasteiger charge is 2.44. The van der Waals surface area contributed by atoms with Gasteiger partial charge in [-0.15, -0.1) is 0 Å². The van der Waals surface area contributed by atoms with Gasteiger partial charge in [-0.3, -0.25) is 4.90 Å². The number of halogens is 5. The lowest BCUT2D eigenvalue weighted by atomic mass is 9.78. The zero-order chi connectivity index (χ0) is 27.2. The van der Waals surface area contributed by atoms with Crippen molar-refractivity contribution >= 4 is 17.5 Å². The van der Waals surface area contributed by atoms with E-state index in [1.165, 1.54) is 6.07 Å². The zero-order valence-electron chi connectivity index (χ0n) is 21.4. The van der Waals surface area contributed by atoms with Crippen LogP contribution in [0.4, 0.5) is 39.4 Å². The van der Waals surface area contributed by atoms with Gasteiger partial charge in [0.05, 0.1) is 11.3 Å². The number of rotatable bonds is 5. The Hall–Kier alpha value is -2.73. The van der Waals surface area contributed by atoms with Crippen LogP contribution >= 0.6 is 0 Å². The second-order valence-electron chi connectivity index (χ2n) is 11.1. The van der Waals surface area contributed by atoms with Crippen LogP contribution in [0.15, 0.2) is 18.2 Å². The highest BCUT2D eigenvalue weighted by Crippen LogP contribution is 2.45. The Labute approximate surface area is 218 Å². The number of nitrogens with two attached hydrogens (primary N) is 1. The van der Waals surface area contributed by atoms with Crippen molar-refractivity contribution in [2.45, 2.75) is 81.9 Å². The van der Waals surface area contributed by atoms with Crippen molar-refractivity contribution in [3.8, 4) is 5.75 Å². The van der Waals surface area contributed by atoms with E-state index < -0.39 is 35.6 Å². The molecule has 0 bridgehead atoms. The Morgan fingerprint density at radius 2 is 2.00 bits per heavy atom. The molecule has 2 aromatic rings. The molecule has 0 amide bonds. The number of fused-ring (bicyclic) bond motifs is 1. The summed E-state index contributed by atoms with van der Waals surface area (Å²) in [5.74, 6) is -1.79. The number of anilines is 3. The van der Waals surface area contributed by atoms with E-state index in [4.69, 9.17) is 10.5 Å². The van der Waals surface area contributed by atoms with Crippen LogP contribution in [0, 0.1) is 5.82 Å². The zero-order valence-corrected chi connectivity index (χ0v) is 21.4. The quantitative estimate of drug-likeness (QED) is 0.452. The maximum absolute atomic E-state index is 15.1. The third kappa shape index (κ3) is 5.38. The van der Waals surface area contributed by atoms with Gasteiger partial charge in [-0.25, -0.2) is 13.8 Å². The number of hydrogen-bond donors (Lipinski definition) is 3. The second-order valence-corrected chi connectivity index (χ2v) is 11.1. The van der Waals surface area contributed by atoms with E-state index in [2.05, 4.69) is 39.3 Å². The lowest BCUT2D eigenvalue weighted by Crippen LogP contribution is -2.52. The summed E-state index contributed by atoms with van der Waals surface area (Å²) in [6.45, 7) is 5.76. The lowest BCUT2D eigenvalue weighted by Gasteiger charge is -2.47. The minimum Gasteiger partial charge on any atom is -0.487 e. The average Bonchev–Trinajstić information content (AvgIpc) is 3.33. The van der Waals surface area contributed by atoms with Crippen LogP contribution in [0.25, 0.3) is 0 Å². The molecule has 0 radical (unpaired) electrons. The number of piperidine rings is 2. The number of benzene rings is 1. The molecule has 0 spiro atoms. The number of nitrogens with zero attached hydrogens (tertiary/aromatic N) is 3. The first-order valence-corrected chi connectivity index (χ1v) is 13.0. The van der Waals surface area contributed by atoms with Gasteiger partial charge in [0.1, 0.15) is 18.0 Å². The summed E-state index contributed by atoms with van der Waals surface area (Å²) in [6.07, 6.45) is -3.37. The van der Waals surface area contributed by atoms with E-state index in [-0.39, 0.29) is 47.6 Å². The van der Waals surface area contributed by atoms with Gasteiger partial charge in [0.2, 0.25) is 5.95 Å². The van der Waals surface area contributed by atoms with Gasteiger partial charge in [0.25, 0.3) is 0 Å². The molecule has 38 heavy (non-hydrogen) atoms. The minimum atomic E-state index is -4.75. The molecule has 208 valence electrons. The van der Waals surface area contributed by atoms with Crippen LogP contribution in [-0.2, 0) is 6.18 Å². The van der Waals surface area contributed by atoms with Gasteiger partial charge in [-0.1, -0.05) is 0 Å². The number of nitrogens with one attached hydrogen (secondary N) is 2. The molecule has 12 heteroatoms. The Bertz CT molecular complexity index is 1180. The molecule has 7 nitrogen and oxygen atoms in total. The summed E-state index contributed by atoms with van der Waals surface area (Å²) >= 11 is 0. The molecule has 3 aliphatic rings. The molecular formula is C26H33F5N6O. The van der Waals surface area contributed by atoms with Crippen LogP contribution < -0.4 is 21.1 Å². The fourth-order valence-electron chi connectivity index (χ4n) is 6.18. The van der Waals surface area contributed by atoms with Gasteiger partial charge < -0.3 is 21.1 Å². The molecule has 4 atom stereocenters. The first-order valence-electron chi connectivity index (χ1n) is 13.0. The first-order chi connectivity index (χ1) is 17.9. The smallest absolute Gasteiger partial charge is 0.420 e. The molecule has 0 unspecified atom stereocenters. The summed E-state index contributed by atoms with van der Waals surface area (Å²) in [4.78, 5) is 10.8. The highest BCUT2D eigenvalue weighted by atomic mass is 19.4. The Morgan fingerprint density at radius 1 is 1.21 bits per heavy atom. The Balaban J connectivity index is 1.41. The molecule has 3 aliphatic heterocycles. The predicted molar refractivity (Wildman–Crippen MR) is 134 cm³/mol. The van der Waals surface area contributed by atoms with Crippen LogP contribution in [-0.4, -0.2) is 58.4 Å². The number of ether oxygens (including phenoxy) is 1. The average molecular weight is 541 g/mol.